The Balaban J connectivity index is 0.00000239. The van der Waals surface area contributed by atoms with Crippen LogP contribution in [0.2, 0.25) is 0 Å². The Kier molecular flexibility index (Phi) is 19.7. The van der Waals surface area contributed by atoms with E-state index in [2.05, 4.69) is 31.6 Å². The fourth-order valence-electron chi connectivity index (χ4n) is 5.37. The number of rotatable bonds is 9. The number of nitrogens with two attached hydrogens (primary N) is 1. The highest BCUT2D eigenvalue weighted by Crippen LogP contribution is 2.25. The first-order valence-corrected chi connectivity index (χ1v) is 20.0. The van der Waals surface area contributed by atoms with E-state index in [1.807, 2.05) is 50.4 Å². The van der Waals surface area contributed by atoms with E-state index in [0.717, 1.165) is 12.5 Å². The largest absolute Gasteiger partial charge is 0.481 e. The van der Waals surface area contributed by atoms with E-state index >= 15 is 0 Å². The van der Waals surface area contributed by atoms with Gasteiger partial charge in [0.25, 0.3) is 11.9 Å². The summed E-state index contributed by atoms with van der Waals surface area (Å²) < 4.78 is 0. The summed E-state index contributed by atoms with van der Waals surface area (Å²) in [7, 11) is 0. The number of carbonyl (C=O) groups excluding carboxylic acids is 6. The number of carboxylic acids is 1. The van der Waals surface area contributed by atoms with Crippen LogP contribution in [-0.4, -0.2) is 112 Å². The summed E-state index contributed by atoms with van der Waals surface area (Å²) >= 11 is 2.70. The Morgan fingerprint density at radius 1 is 1.00 bits per heavy atom. The smallest absolute Gasteiger partial charge is 0.300 e. The van der Waals surface area contributed by atoms with Gasteiger partial charge in [0, 0.05) is 31.8 Å². The Morgan fingerprint density at radius 2 is 1.63 bits per heavy atom. The standard InChI is InChI=1S/C34H50N8O6S2.C2H4O2/c1-6-24-31(46)39-25(13-15-49-5)32(47)37-23(16-22-10-8-7-9-11-22)17-42(28(44)12-14-35)18-27(43)41-29(20(2)3)34-40-26(19-50-34)33(48)36-21(4)30(45)38-24;1-2(3)4/h7-11,19-21,23-25,29H,6,12-18,35H2,1-5H3,(H,36,48)(H,37,47)(H,38,45)(H,39,46)(H,41,43);1H3,(H,3,4)/t21-,23+,24+,25+,29+;/m1./s1. The van der Waals surface area contributed by atoms with Crippen molar-refractivity contribution in [1.82, 2.24) is 36.5 Å². The van der Waals surface area contributed by atoms with Crippen molar-refractivity contribution in [1.29, 1.82) is 0 Å². The molecule has 1 aliphatic rings. The van der Waals surface area contributed by atoms with Crippen LogP contribution in [0.15, 0.2) is 35.7 Å². The van der Waals surface area contributed by atoms with Crippen molar-refractivity contribution in [2.24, 2.45) is 11.7 Å². The van der Waals surface area contributed by atoms with Gasteiger partial charge in [-0.1, -0.05) is 51.1 Å². The SMILES string of the molecule is CC(=O)O.CC[C@@H]1NC(=O)[C@@H](C)NC(=O)c2csc(n2)[C@H](C(C)C)NC(=O)CN(C(=O)CCN)C[C@H](Cc2ccccc2)NC(=O)[C@H](CCSC)NC1=O. The van der Waals surface area contributed by atoms with E-state index in [1.54, 1.807) is 12.3 Å². The number of amides is 6. The summed E-state index contributed by atoms with van der Waals surface area (Å²) in [4.78, 5) is 95.3. The second-order valence-corrected chi connectivity index (χ2v) is 15.0. The van der Waals surface area contributed by atoms with Gasteiger partial charge in [0.05, 0.1) is 18.6 Å². The van der Waals surface area contributed by atoms with Gasteiger partial charge in [0.2, 0.25) is 29.5 Å². The summed E-state index contributed by atoms with van der Waals surface area (Å²) in [5.74, 6) is -3.39. The molecule has 3 rings (SSSR count). The molecule has 2 heterocycles. The van der Waals surface area contributed by atoms with Crippen LogP contribution in [0.25, 0.3) is 0 Å². The van der Waals surface area contributed by atoms with E-state index in [-0.39, 0.29) is 50.0 Å². The van der Waals surface area contributed by atoms with Gasteiger partial charge in [0.1, 0.15) is 28.8 Å². The van der Waals surface area contributed by atoms with Crippen LogP contribution in [0.4, 0.5) is 0 Å². The lowest BCUT2D eigenvalue weighted by Gasteiger charge is -2.30. The Bertz CT molecular complexity index is 1570. The number of thiazole rings is 1. The normalized spacial score (nSPS) is 22.0. The first kappa shape index (κ1) is 45.6. The van der Waals surface area contributed by atoms with Crippen molar-refractivity contribution in [3.8, 4) is 0 Å². The molecule has 0 fully saturated rings. The third-order valence-corrected chi connectivity index (χ3v) is 9.76. The molecule has 1 aromatic heterocycles. The predicted octanol–water partition coefficient (Wildman–Crippen LogP) is 1.22. The van der Waals surface area contributed by atoms with Crippen molar-refractivity contribution >= 4 is 64.5 Å². The van der Waals surface area contributed by atoms with Crippen LogP contribution in [0.5, 0.6) is 0 Å². The summed E-state index contributed by atoms with van der Waals surface area (Å²) in [6, 6.07) is 5.29. The molecule has 6 amide bonds. The van der Waals surface area contributed by atoms with Crippen molar-refractivity contribution in [2.45, 2.75) is 90.5 Å². The van der Waals surface area contributed by atoms with E-state index in [0.29, 0.717) is 23.6 Å². The van der Waals surface area contributed by atoms with Crippen LogP contribution in [0.3, 0.4) is 0 Å². The molecule has 16 nitrogen and oxygen atoms in total. The fraction of sp³-hybridized carbons (Fsp3) is 0.556. The number of hydrogen-bond acceptors (Lipinski definition) is 11. The topological polar surface area (TPSA) is 242 Å². The summed E-state index contributed by atoms with van der Waals surface area (Å²) in [6.45, 7) is 7.87. The second-order valence-electron chi connectivity index (χ2n) is 13.1. The molecule has 0 saturated carbocycles. The molecule has 0 unspecified atom stereocenters. The predicted molar refractivity (Wildman–Crippen MR) is 208 cm³/mol. The highest BCUT2D eigenvalue weighted by Gasteiger charge is 2.31. The third kappa shape index (κ3) is 15.4. The maximum atomic E-state index is 13.9. The van der Waals surface area contributed by atoms with Crippen molar-refractivity contribution in [2.75, 3.05) is 31.6 Å². The number of thioether (sulfide) groups is 1. The van der Waals surface area contributed by atoms with Gasteiger partial charge >= 0.3 is 0 Å². The molecule has 298 valence electrons. The van der Waals surface area contributed by atoms with Gasteiger partial charge in [-0.15, -0.1) is 11.3 Å². The van der Waals surface area contributed by atoms with Crippen LogP contribution < -0.4 is 32.3 Å². The van der Waals surface area contributed by atoms with Gasteiger partial charge < -0.3 is 42.3 Å². The van der Waals surface area contributed by atoms with Crippen LogP contribution in [-0.2, 0) is 35.2 Å². The molecule has 0 saturated heterocycles. The molecule has 1 aliphatic heterocycles. The van der Waals surface area contributed by atoms with E-state index in [4.69, 9.17) is 15.6 Å². The van der Waals surface area contributed by atoms with Gasteiger partial charge in [-0.2, -0.15) is 11.8 Å². The molecule has 0 radical (unpaired) electrons. The van der Waals surface area contributed by atoms with E-state index in [1.165, 1.54) is 34.9 Å². The van der Waals surface area contributed by atoms with Crippen LogP contribution in [0.1, 0.15) is 81.0 Å². The van der Waals surface area contributed by atoms with Gasteiger partial charge in [-0.25, -0.2) is 4.98 Å². The average molecular weight is 791 g/mol. The molecule has 0 spiro atoms. The zero-order chi connectivity index (χ0) is 40.4. The summed E-state index contributed by atoms with van der Waals surface area (Å²) in [5.41, 5.74) is 6.71. The fourth-order valence-corrected chi connectivity index (χ4v) is 6.86. The van der Waals surface area contributed by atoms with Crippen molar-refractivity contribution in [3.05, 3.63) is 52.0 Å². The van der Waals surface area contributed by atoms with Crippen LogP contribution in [0, 0.1) is 5.92 Å². The molecule has 2 aromatic rings. The zero-order valence-corrected chi connectivity index (χ0v) is 33.3. The molecular formula is C36H54N8O8S2. The Hall–Kier alpha value is -4.55. The third-order valence-electron chi connectivity index (χ3n) is 8.19. The lowest BCUT2D eigenvalue weighted by atomic mass is 10.0. The number of carboxylic acid groups (broad SMARTS) is 1. The van der Waals surface area contributed by atoms with Gasteiger partial charge in [0.15, 0.2) is 0 Å². The van der Waals surface area contributed by atoms with Gasteiger partial charge in [-0.3, -0.25) is 33.6 Å². The monoisotopic (exact) mass is 790 g/mol. The van der Waals surface area contributed by atoms with E-state index < -0.39 is 65.7 Å². The van der Waals surface area contributed by atoms with E-state index in [9.17, 15) is 28.8 Å². The molecule has 5 atom stereocenters. The Morgan fingerprint density at radius 3 is 2.22 bits per heavy atom. The lowest BCUT2D eigenvalue weighted by Crippen LogP contribution is -2.58. The minimum atomic E-state index is -1.00. The maximum absolute atomic E-state index is 13.9. The number of benzene rings is 1. The Labute approximate surface area is 324 Å². The first-order chi connectivity index (χ1) is 25.6. The number of nitrogens with zero attached hydrogens (tertiary/aromatic N) is 2. The van der Waals surface area contributed by atoms with Crippen molar-refractivity contribution in [3.63, 3.8) is 0 Å². The molecule has 54 heavy (non-hydrogen) atoms. The van der Waals surface area contributed by atoms with Crippen molar-refractivity contribution < 1.29 is 38.7 Å². The average Bonchev–Trinajstić information content (AvgIpc) is 3.60. The molecule has 8 N–H and O–H groups in total. The van der Waals surface area contributed by atoms with Gasteiger partial charge in [-0.05, 0) is 49.7 Å². The zero-order valence-electron chi connectivity index (χ0n) is 31.7. The molecular weight excluding hydrogens is 737 g/mol. The number of aliphatic carboxylic acids is 1. The number of hydrogen-bond donors (Lipinski definition) is 7. The highest BCUT2D eigenvalue weighted by molar-refractivity contribution is 7.98. The molecule has 1 aromatic carbocycles. The molecule has 2 bridgehead atoms. The quantitative estimate of drug-likeness (QED) is 0.191. The molecule has 0 aliphatic carbocycles. The second kappa shape index (κ2) is 23.3. The number of nitrogens with one attached hydrogen (secondary N) is 5. The maximum Gasteiger partial charge on any atom is 0.300 e. The summed E-state index contributed by atoms with van der Waals surface area (Å²) in [6.07, 6.45) is 2.76. The molecule has 18 heteroatoms. The lowest BCUT2D eigenvalue weighted by molar-refractivity contribution is -0.137. The minimum Gasteiger partial charge on any atom is -0.481 e. The first-order valence-electron chi connectivity index (χ1n) is 17.8. The number of aromatic nitrogens is 1. The minimum absolute atomic E-state index is 0.00444. The summed E-state index contributed by atoms with van der Waals surface area (Å²) in [5, 5.41) is 23.6. The number of carbonyl (C=O) groups is 7. The van der Waals surface area contributed by atoms with Crippen LogP contribution >= 0.6 is 23.1 Å². The highest BCUT2D eigenvalue weighted by atomic mass is 32.2. The number of fused-ring (bicyclic) bond motifs is 2.